The maximum absolute atomic E-state index is 12.8. The topological polar surface area (TPSA) is 99.8 Å². The lowest BCUT2D eigenvalue weighted by Crippen LogP contribution is -2.51. The molecule has 3 amide bonds. The summed E-state index contributed by atoms with van der Waals surface area (Å²) in [5.41, 5.74) is 1.11. The monoisotopic (exact) mass is 462 g/mol. The van der Waals surface area contributed by atoms with E-state index in [9.17, 15) is 14.4 Å². The average molecular weight is 463 g/mol. The van der Waals surface area contributed by atoms with E-state index in [1.54, 1.807) is 7.05 Å². The highest BCUT2D eigenvalue weighted by Gasteiger charge is 2.27. The van der Waals surface area contributed by atoms with E-state index in [4.69, 9.17) is 4.74 Å². The van der Waals surface area contributed by atoms with E-state index in [-0.39, 0.29) is 42.8 Å². The smallest absolute Gasteiger partial charge is 0.240 e. The zero-order chi connectivity index (χ0) is 24.6. The van der Waals surface area contributed by atoms with Gasteiger partial charge in [0.2, 0.25) is 17.7 Å². The van der Waals surface area contributed by atoms with E-state index in [0.29, 0.717) is 13.2 Å². The third-order valence-electron chi connectivity index (χ3n) is 5.51. The first-order valence-corrected chi connectivity index (χ1v) is 12.1. The molecule has 0 radical (unpaired) electrons. The highest BCUT2D eigenvalue weighted by Crippen LogP contribution is 2.19. The number of amides is 3. The van der Waals surface area contributed by atoms with Crippen LogP contribution in [0.4, 0.5) is 0 Å². The van der Waals surface area contributed by atoms with Crippen LogP contribution in [0.15, 0.2) is 24.3 Å². The molecular weight excluding hydrogens is 420 g/mol. The fraction of sp³-hybridized carbons (Fsp3) is 0.640. The van der Waals surface area contributed by atoms with Gasteiger partial charge in [0.15, 0.2) is 0 Å². The van der Waals surface area contributed by atoms with Gasteiger partial charge in [-0.25, -0.2) is 0 Å². The van der Waals surface area contributed by atoms with E-state index in [2.05, 4.69) is 16.0 Å². The number of carbonyl (C=O) groups is 3. The molecule has 1 rings (SSSR count). The minimum absolute atomic E-state index is 0.0823. The van der Waals surface area contributed by atoms with Crippen molar-refractivity contribution in [1.29, 1.82) is 0 Å². The number of benzene rings is 1. The average Bonchev–Trinajstić information content (AvgIpc) is 2.81. The predicted molar refractivity (Wildman–Crippen MR) is 131 cm³/mol. The van der Waals surface area contributed by atoms with Crippen molar-refractivity contribution in [1.82, 2.24) is 20.9 Å². The molecule has 0 aliphatic rings. The molecule has 2 atom stereocenters. The van der Waals surface area contributed by atoms with Crippen molar-refractivity contribution in [2.75, 3.05) is 39.8 Å². The van der Waals surface area contributed by atoms with Crippen LogP contribution < -0.4 is 20.7 Å². The lowest BCUT2D eigenvalue weighted by Gasteiger charge is -2.28. The van der Waals surface area contributed by atoms with Gasteiger partial charge in [-0.2, -0.15) is 0 Å². The zero-order valence-electron chi connectivity index (χ0n) is 20.9. The molecule has 0 bridgehead atoms. The first-order chi connectivity index (χ1) is 15.8. The maximum Gasteiger partial charge on any atom is 0.240 e. The fourth-order valence-electron chi connectivity index (χ4n) is 3.41. The van der Waals surface area contributed by atoms with Crippen molar-refractivity contribution in [3.63, 3.8) is 0 Å². The van der Waals surface area contributed by atoms with Gasteiger partial charge in [0, 0.05) is 13.6 Å². The molecule has 33 heavy (non-hydrogen) atoms. The van der Waals surface area contributed by atoms with Crippen LogP contribution in [-0.4, -0.2) is 68.5 Å². The molecule has 2 unspecified atom stereocenters. The van der Waals surface area contributed by atoms with Crippen molar-refractivity contribution in [2.24, 2.45) is 5.92 Å². The molecule has 0 aliphatic carbocycles. The number of nitrogens with zero attached hydrogens (tertiary/aromatic N) is 1. The highest BCUT2D eigenvalue weighted by molar-refractivity contribution is 5.89. The van der Waals surface area contributed by atoms with Crippen molar-refractivity contribution in [2.45, 2.75) is 59.4 Å². The van der Waals surface area contributed by atoms with Gasteiger partial charge in [-0.1, -0.05) is 45.4 Å². The lowest BCUT2D eigenvalue weighted by atomic mass is 9.97. The van der Waals surface area contributed by atoms with Gasteiger partial charge in [-0.05, 0) is 50.3 Å². The Morgan fingerprint density at radius 2 is 1.76 bits per heavy atom. The van der Waals surface area contributed by atoms with Crippen LogP contribution in [-0.2, 0) is 20.8 Å². The van der Waals surface area contributed by atoms with Crippen LogP contribution in [0, 0.1) is 5.92 Å². The van der Waals surface area contributed by atoms with Gasteiger partial charge in [0.05, 0.1) is 25.7 Å². The first kappa shape index (κ1) is 28.4. The molecule has 3 N–H and O–H groups in total. The second-order valence-electron chi connectivity index (χ2n) is 8.28. The van der Waals surface area contributed by atoms with Crippen LogP contribution in [0.5, 0.6) is 5.75 Å². The summed E-state index contributed by atoms with van der Waals surface area (Å²) in [5, 5.41) is 8.69. The molecule has 186 valence electrons. The molecule has 0 aromatic heterocycles. The Kier molecular flexibility index (Phi) is 13.8. The summed E-state index contributed by atoms with van der Waals surface area (Å²) in [6.45, 7) is 9.74. The Morgan fingerprint density at radius 3 is 2.42 bits per heavy atom. The number of likely N-dealkylation sites (N-methyl/N-ethyl adjacent to an activating group) is 1. The van der Waals surface area contributed by atoms with Crippen molar-refractivity contribution in [3.8, 4) is 5.75 Å². The largest absolute Gasteiger partial charge is 0.494 e. The molecule has 0 aliphatic heterocycles. The Balaban J connectivity index is 2.35. The number of para-hydroxylation sites is 1. The third kappa shape index (κ3) is 10.7. The summed E-state index contributed by atoms with van der Waals surface area (Å²) in [4.78, 5) is 38.5. The summed E-state index contributed by atoms with van der Waals surface area (Å²) in [5.74, 6) is 0.325. The summed E-state index contributed by atoms with van der Waals surface area (Å²) in [6, 6.07) is 7.56. The zero-order valence-corrected chi connectivity index (χ0v) is 20.9. The minimum atomic E-state index is -0.356. The number of aryl methyl sites for hydroxylation is 1. The van der Waals surface area contributed by atoms with Gasteiger partial charge in [-0.15, -0.1) is 0 Å². The second-order valence-corrected chi connectivity index (χ2v) is 8.28. The van der Waals surface area contributed by atoms with Crippen molar-refractivity contribution in [3.05, 3.63) is 29.8 Å². The number of carbonyl (C=O) groups excluding carboxylic acids is 3. The summed E-state index contributed by atoms with van der Waals surface area (Å²) >= 11 is 0. The third-order valence-corrected chi connectivity index (χ3v) is 5.51. The molecule has 0 heterocycles. The van der Waals surface area contributed by atoms with Crippen LogP contribution in [0.25, 0.3) is 0 Å². The standard InChI is InChI=1S/C25H42N4O4/c1-6-15-27-24(19(4)7-2)25(32)29(5)18-23(31)28-17-22(30)26-16-11-13-20-12-9-10-14-21(20)33-8-3/h9-10,12,14,19,24,27H,6-8,11,13,15-18H2,1-5H3,(H,26,30)(H,28,31). The maximum atomic E-state index is 12.8. The number of hydrogen-bond acceptors (Lipinski definition) is 5. The van der Waals surface area contributed by atoms with Gasteiger partial charge in [-0.3, -0.25) is 14.4 Å². The second kappa shape index (κ2) is 16.1. The SMILES string of the molecule is CCCNC(C(=O)N(C)CC(=O)NCC(=O)NCCCc1ccccc1OCC)C(C)CC. The molecule has 8 nitrogen and oxygen atoms in total. The number of rotatable bonds is 16. The van der Waals surface area contributed by atoms with Gasteiger partial charge >= 0.3 is 0 Å². The Bertz CT molecular complexity index is 741. The summed E-state index contributed by atoms with van der Waals surface area (Å²) < 4.78 is 5.62. The normalized spacial score (nSPS) is 12.5. The summed E-state index contributed by atoms with van der Waals surface area (Å²) in [6.07, 6.45) is 3.35. The Morgan fingerprint density at radius 1 is 1.03 bits per heavy atom. The number of nitrogens with one attached hydrogen (secondary N) is 3. The van der Waals surface area contributed by atoms with E-state index in [1.165, 1.54) is 4.90 Å². The highest BCUT2D eigenvalue weighted by atomic mass is 16.5. The van der Waals surface area contributed by atoms with Crippen molar-refractivity contribution >= 4 is 17.7 Å². The van der Waals surface area contributed by atoms with Crippen LogP contribution in [0.2, 0.25) is 0 Å². The lowest BCUT2D eigenvalue weighted by molar-refractivity contribution is -0.137. The molecule has 0 saturated carbocycles. The number of ether oxygens (including phenoxy) is 1. The molecule has 1 aromatic rings. The number of hydrogen-bond donors (Lipinski definition) is 3. The van der Waals surface area contributed by atoms with E-state index >= 15 is 0 Å². The van der Waals surface area contributed by atoms with Gasteiger partial charge in [0.1, 0.15) is 5.75 Å². The van der Waals surface area contributed by atoms with Crippen molar-refractivity contribution < 1.29 is 19.1 Å². The van der Waals surface area contributed by atoms with E-state index in [1.807, 2.05) is 52.0 Å². The summed E-state index contributed by atoms with van der Waals surface area (Å²) in [7, 11) is 1.62. The Labute approximate surface area is 198 Å². The van der Waals surface area contributed by atoms with Gasteiger partial charge in [0.25, 0.3) is 0 Å². The Hall–Kier alpha value is -2.61. The molecule has 1 aromatic carbocycles. The molecule has 0 spiro atoms. The van der Waals surface area contributed by atoms with Crippen LogP contribution in [0.1, 0.15) is 52.5 Å². The van der Waals surface area contributed by atoms with Crippen LogP contribution in [0.3, 0.4) is 0 Å². The van der Waals surface area contributed by atoms with Gasteiger partial charge < -0.3 is 25.6 Å². The quantitative estimate of drug-likeness (QED) is 0.327. The molecule has 0 fully saturated rings. The van der Waals surface area contributed by atoms with E-state index < -0.39 is 0 Å². The predicted octanol–water partition coefficient (Wildman–Crippen LogP) is 2.12. The van der Waals surface area contributed by atoms with Crippen LogP contribution >= 0.6 is 0 Å². The van der Waals surface area contributed by atoms with E-state index in [0.717, 1.165) is 43.5 Å². The fourth-order valence-corrected chi connectivity index (χ4v) is 3.41. The minimum Gasteiger partial charge on any atom is -0.494 e. The molecule has 8 heteroatoms. The molecular formula is C25H42N4O4. The first-order valence-electron chi connectivity index (χ1n) is 12.1. The molecule has 0 saturated heterocycles.